The number of hydrogen-bond acceptors (Lipinski definition) is 3. The van der Waals surface area contributed by atoms with Crippen molar-refractivity contribution in [3.05, 3.63) is 98.9 Å². The van der Waals surface area contributed by atoms with E-state index in [0.717, 1.165) is 37.6 Å². The van der Waals surface area contributed by atoms with Gasteiger partial charge in [0.25, 0.3) is 0 Å². The summed E-state index contributed by atoms with van der Waals surface area (Å²) in [6, 6.07) is 19.1. The summed E-state index contributed by atoms with van der Waals surface area (Å²) in [6.45, 7) is 7.82. The molecule has 0 fully saturated rings. The van der Waals surface area contributed by atoms with Gasteiger partial charge < -0.3 is 4.42 Å². The van der Waals surface area contributed by atoms with Crippen LogP contribution in [-0.4, -0.2) is 5.91 Å². The van der Waals surface area contributed by atoms with Gasteiger partial charge in [-0.1, -0.05) is 60.2 Å². The lowest BCUT2D eigenvalue weighted by Gasteiger charge is -2.20. The van der Waals surface area contributed by atoms with Gasteiger partial charge in [-0.05, 0) is 56.0 Å². The van der Waals surface area contributed by atoms with Gasteiger partial charge in [0.05, 0.1) is 17.7 Å². The van der Waals surface area contributed by atoms with E-state index >= 15 is 0 Å². The highest BCUT2D eigenvalue weighted by Gasteiger charge is 2.24. The van der Waals surface area contributed by atoms with Crippen LogP contribution in [0.25, 0.3) is 22.1 Å². The maximum Gasteiger partial charge on any atom is 0.340 e. The molecular formula is C27H24ClNO3. The second kappa shape index (κ2) is 8.64. The van der Waals surface area contributed by atoms with Crippen molar-refractivity contribution in [1.29, 1.82) is 0 Å². The van der Waals surface area contributed by atoms with E-state index in [-0.39, 0.29) is 12.3 Å². The van der Waals surface area contributed by atoms with E-state index in [2.05, 4.69) is 0 Å². The second-order valence-corrected chi connectivity index (χ2v) is 8.49. The second-order valence-electron chi connectivity index (χ2n) is 8.15. The lowest BCUT2D eigenvalue weighted by atomic mass is 9.92. The van der Waals surface area contributed by atoms with Gasteiger partial charge >= 0.3 is 5.63 Å². The topological polar surface area (TPSA) is 50.5 Å². The highest BCUT2D eigenvalue weighted by atomic mass is 35.5. The van der Waals surface area contributed by atoms with E-state index in [0.29, 0.717) is 22.4 Å². The molecule has 1 aromatic heterocycles. The van der Waals surface area contributed by atoms with Crippen molar-refractivity contribution in [1.82, 2.24) is 0 Å². The minimum Gasteiger partial charge on any atom is -0.422 e. The van der Waals surface area contributed by atoms with Crippen LogP contribution >= 0.6 is 11.8 Å². The van der Waals surface area contributed by atoms with Gasteiger partial charge in [0.2, 0.25) is 5.91 Å². The molecule has 4 aromatic rings. The molecule has 4 rings (SSSR count). The van der Waals surface area contributed by atoms with Crippen LogP contribution in [0.3, 0.4) is 0 Å². The van der Waals surface area contributed by atoms with Crippen molar-refractivity contribution < 1.29 is 9.21 Å². The van der Waals surface area contributed by atoms with Crippen molar-refractivity contribution in [3.8, 4) is 11.1 Å². The average Bonchev–Trinajstić information content (AvgIpc) is 2.74. The molecule has 1 amide bonds. The third-order valence-electron chi connectivity index (χ3n) is 5.70. The van der Waals surface area contributed by atoms with Gasteiger partial charge in [0.15, 0.2) is 0 Å². The summed E-state index contributed by atoms with van der Waals surface area (Å²) < 4.78 is 6.70. The molecule has 0 saturated carbocycles. The number of benzene rings is 3. The van der Waals surface area contributed by atoms with Crippen LogP contribution in [0.4, 0.5) is 5.69 Å². The highest BCUT2D eigenvalue weighted by molar-refractivity contribution is 6.37. The van der Waals surface area contributed by atoms with Crippen LogP contribution in [0.5, 0.6) is 0 Å². The summed E-state index contributed by atoms with van der Waals surface area (Å²) >= 11 is 6.52. The largest absolute Gasteiger partial charge is 0.422 e. The van der Waals surface area contributed by atoms with Gasteiger partial charge in [-0.25, -0.2) is 9.21 Å². The van der Waals surface area contributed by atoms with Crippen molar-refractivity contribution in [2.24, 2.45) is 0 Å². The molecule has 0 N–H and O–H groups in total. The zero-order valence-electron chi connectivity index (χ0n) is 18.5. The van der Waals surface area contributed by atoms with Gasteiger partial charge in [-0.3, -0.25) is 4.79 Å². The zero-order valence-corrected chi connectivity index (χ0v) is 19.3. The molecule has 0 spiro atoms. The highest BCUT2D eigenvalue weighted by Crippen LogP contribution is 2.34. The maximum atomic E-state index is 13.3. The van der Waals surface area contributed by atoms with E-state index in [1.165, 1.54) is 0 Å². The van der Waals surface area contributed by atoms with Gasteiger partial charge in [-0.2, -0.15) is 0 Å². The Morgan fingerprint density at radius 3 is 2.22 bits per heavy atom. The molecule has 5 heteroatoms. The summed E-state index contributed by atoms with van der Waals surface area (Å²) in [7, 11) is 0. The van der Waals surface area contributed by atoms with Crippen molar-refractivity contribution in [2.75, 3.05) is 4.42 Å². The molecule has 0 aliphatic carbocycles. The fraction of sp³-hybridized carbons (Fsp3) is 0.185. The molecular weight excluding hydrogens is 422 g/mol. The van der Waals surface area contributed by atoms with Crippen LogP contribution in [0.15, 0.2) is 69.9 Å². The van der Waals surface area contributed by atoms with Crippen molar-refractivity contribution in [3.63, 3.8) is 0 Å². The molecule has 3 aromatic carbocycles. The molecule has 32 heavy (non-hydrogen) atoms. The molecule has 4 nitrogen and oxygen atoms in total. The summed E-state index contributed by atoms with van der Waals surface area (Å²) in [5, 5.41) is 0.785. The first-order chi connectivity index (χ1) is 15.3. The molecule has 0 bridgehead atoms. The number of rotatable bonds is 4. The quantitative estimate of drug-likeness (QED) is 0.269. The van der Waals surface area contributed by atoms with E-state index in [1.807, 2.05) is 82.3 Å². The lowest BCUT2D eigenvalue weighted by Crippen LogP contribution is -2.27. The Morgan fingerprint density at radius 2 is 1.53 bits per heavy atom. The Kier molecular flexibility index (Phi) is 5.90. The van der Waals surface area contributed by atoms with Crippen LogP contribution in [0.1, 0.15) is 27.8 Å². The van der Waals surface area contributed by atoms with Gasteiger partial charge in [0, 0.05) is 22.7 Å². The Labute approximate surface area is 192 Å². The summed E-state index contributed by atoms with van der Waals surface area (Å²) in [6.07, 6.45) is -0.174. The fourth-order valence-corrected chi connectivity index (χ4v) is 4.66. The number of nitrogens with zero attached hydrogens (tertiary/aromatic N) is 1. The summed E-state index contributed by atoms with van der Waals surface area (Å²) in [4.78, 5) is 26.3. The number of carbonyl (C=O) groups is 1. The summed E-state index contributed by atoms with van der Waals surface area (Å²) in [5.74, 6) is -0.390. The number of amides is 1. The third-order valence-corrected chi connectivity index (χ3v) is 6.06. The first-order valence-electron chi connectivity index (χ1n) is 10.4. The van der Waals surface area contributed by atoms with E-state index in [1.54, 1.807) is 6.07 Å². The minimum absolute atomic E-state index is 0.174. The first-order valence-corrected chi connectivity index (χ1v) is 10.8. The predicted molar refractivity (Wildman–Crippen MR) is 130 cm³/mol. The van der Waals surface area contributed by atoms with E-state index in [9.17, 15) is 9.59 Å². The average molecular weight is 446 g/mol. The van der Waals surface area contributed by atoms with E-state index < -0.39 is 5.63 Å². The Morgan fingerprint density at radius 1 is 0.906 bits per heavy atom. The number of carbonyl (C=O) groups excluding carboxylic acids is 1. The monoisotopic (exact) mass is 445 g/mol. The smallest absolute Gasteiger partial charge is 0.340 e. The number of anilines is 1. The molecule has 0 saturated heterocycles. The zero-order chi connectivity index (χ0) is 23.0. The lowest BCUT2D eigenvalue weighted by molar-refractivity contribution is -0.116. The normalized spacial score (nSPS) is 11.0. The SMILES string of the molecule is Cc1cc(C)c(N(Cl)C(=O)Cc2c(-c3ccccc3C)c3ccccc3oc2=O)c(C)c1. The molecule has 0 radical (unpaired) electrons. The Bertz CT molecular complexity index is 1380. The molecule has 0 aliphatic heterocycles. The molecule has 0 atom stereocenters. The number of hydrogen-bond donors (Lipinski definition) is 0. The molecule has 0 aliphatic rings. The third kappa shape index (κ3) is 3.94. The Hall–Kier alpha value is -3.37. The maximum absolute atomic E-state index is 13.3. The van der Waals surface area contributed by atoms with Crippen LogP contribution < -0.4 is 10.0 Å². The number of aryl methyl sites for hydroxylation is 4. The Balaban J connectivity index is 1.86. The van der Waals surface area contributed by atoms with Crippen LogP contribution in [0.2, 0.25) is 0 Å². The predicted octanol–water partition coefficient (Wildman–Crippen LogP) is 6.42. The standard InChI is InChI=1S/C27H24ClNO3/c1-16-13-18(3)26(19(4)14-16)29(28)24(30)15-22-25(20-10-6-5-9-17(20)2)21-11-7-8-12-23(21)32-27(22)31/h5-14H,15H2,1-4H3. The van der Waals surface area contributed by atoms with Gasteiger partial charge in [0.1, 0.15) is 5.58 Å². The molecule has 1 heterocycles. The van der Waals surface area contributed by atoms with Crippen LogP contribution in [0, 0.1) is 27.7 Å². The number of para-hydroxylation sites is 1. The molecule has 0 unspecified atom stereocenters. The van der Waals surface area contributed by atoms with E-state index in [4.69, 9.17) is 16.2 Å². The fourth-order valence-electron chi connectivity index (χ4n) is 4.34. The van der Waals surface area contributed by atoms with Gasteiger partial charge in [-0.15, -0.1) is 0 Å². The number of halogens is 1. The first kappa shape index (κ1) is 21.8. The van der Waals surface area contributed by atoms with Crippen LogP contribution in [-0.2, 0) is 11.2 Å². The van der Waals surface area contributed by atoms with Crippen molar-refractivity contribution >= 4 is 34.3 Å². The molecule has 162 valence electrons. The number of fused-ring (bicyclic) bond motifs is 1. The summed E-state index contributed by atoms with van der Waals surface area (Å²) in [5.41, 5.74) is 6.40. The van der Waals surface area contributed by atoms with Crippen molar-refractivity contribution in [2.45, 2.75) is 34.1 Å². The minimum atomic E-state index is -0.530.